The van der Waals surface area contributed by atoms with Gasteiger partial charge in [-0.1, -0.05) is 72.7 Å². The zero-order valence-electron chi connectivity index (χ0n) is 16.9. The maximum Gasteiger partial charge on any atom is 0.194 e. The second kappa shape index (κ2) is 5.69. The average molecular weight is 355 g/mol. The lowest BCUT2D eigenvalue weighted by molar-refractivity contribution is -0.469. The first-order valence-electron chi connectivity index (χ1n) is 8.79. The summed E-state index contributed by atoms with van der Waals surface area (Å²) >= 11 is 0. The molecular formula is C18H36NO2Si2-. The maximum atomic E-state index is 14.2. The minimum Gasteiger partial charge on any atom is -0.849 e. The fourth-order valence-electron chi connectivity index (χ4n) is 3.30. The summed E-state index contributed by atoms with van der Waals surface area (Å²) in [6, 6.07) is 2.41. The Hall–Kier alpha value is -0.156. The molecule has 2 unspecified atom stereocenters. The summed E-state index contributed by atoms with van der Waals surface area (Å²) in [5.74, 6) is 0. The van der Waals surface area contributed by atoms with Crippen LogP contribution in [0, 0.1) is 11.3 Å². The van der Waals surface area contributed by atoms with Crippen LogP contribution in [-0.2, 0) is 4.43 Å². The van der Waals surface area contributed by atoms with Gasteiger partial charge in [-0.05, 0) is 29.6 Å². The van der Waals surface area contributed by atoms with Crippen LogP contribution in [0.1, 0.15) is 60.8 Å². The molecule has 1 aliphatic carbocycles. The van der Waals surface area contributed by atoms with E-state index in [1.165, 1.54) is 0 Å². The van der Waals surface area contributed by atoms with E-state index in [1.807, 2.05) is 0 Å². The molecule has 0 heterocycles. The molecule has 0 aromatic heterocycles. The predicted octanol–water partition coefficient (Wildman–Crippen LogP) is 4.60. The minimum absolute atomic E-state index is 0.00617. The second-order valence-corrected chi connectivity index (χ2v) is 20.6. The third kappa shape index (κ3) is 3.08. The van der Waals surface area contributed by atoms with Gasteiger partial charge in [0.25, 0.3) is 0 Å². The average Bonchev–Trinajstić information content (AvgIpc) is 2.65. The number of hydrogen-bond donors (Lipinski definition) is 0. The van der Waals surface area contributed by atoms with E-state index >= 15 is 0 Å². The van der Waals surface area contributed by atoms with Gasteiger partial charge in [0.1, 0.15) is 5.60 Å². The Balaban J connectivity index is 3.44. The second-order valence-electron chi connectivity index (χ2n) is 10.4. The van der Waals surface area contributed by atoms with Crippen molar-refractivity contribution in [2.24, 2.45) is 0 Å². The first-order chi connectivity index (χ1) is 9.97. The molecule has 1 rings (SSSR count). The third-order valence-corrected chi connectivity index (χ3v) is 17.9. The highest BCUT2D eigenvalue weighted by atomic mass is 28.4. The monoisotopic (exact) mass is 354 g/mol. The largest absolute Gasteiger partial charge is 0.849 e. The van der Waals surface area contributed by atoms with Crippen LogP contribution < -0.4 is 5.11 Å². The third-order valence-electron chi connectivity index (χ3n) is 7.01. The zero-order chi connectivity index (χ0) is 18.5. The molecule has 0 saturated heterocycles. The van der Waals surface area contributed by atoms with E-state index < -0.39 is 27.2 Å². The number of hydrogen-bond acceptors (Lipinski definition) is 3. The fraction of sp³-hybridized carbons (Fsp3) is 0.944. The number of nitrogens with zero attached hydrogens (tertiary/aromatic N) is 1. The van der Waals surface area contributed by atoms with Crippen LogP contribution in [0.25, 0.3) is 0 Å². The van der Waals surface area contributed by atoms with Gasteiger partial charge < -0.3 is 9.53 Å². The topological polar surface area (TPSA) is 56.1 Å². The predicted molar refractivity (Wildman–Crippen MR) is 100 cm³/mol. The van der Waals surface area contributed by atoms with E-state index in [-0.39, 0.29) is 10.1 Å². The van der Waals surface area contributed by atoms with Gasteiger partial charge in [-0.15, -0.1) is 0 Å². The summed E-state index contributed by atoms with van der Waals surface area (Å²) in [5, 5.41) is 23.0. The summed E-state index contributed by atoms with van der Waals surface area (Å²) in [6.07, 6.45) is 1.97. The highest BCUT2D eigenvalue weighted by molar-refractivity contribution is 6.83. The lowest BCUT2D eigenvalue weighted by atomic mass is 10.0. The Labute approximate surface area is 145 Å². The van der Waals surface area contributed by atoms with Gasteiger partial charge in [0.2, 0.25) is 0 Å². The summed E-state index contributed by atoms with van der Waals surface area (Å²) in [4.78, 5) is 0. The van der Waals surface area contributed by atoms with E-state index in [0.29, 0.717) is 12.8 Å². The molecular weight excluding hydrogens is 318 g/mol. The lowest BCUT2D eigenvalue weighted by Gasteiger charge is -2.63. The van der Waals surface area contributed by atoms with Crippen LogP contribution in [0.2, 0.25) is 36.3 Å². The van der Waals surface area contributed by atoms with Crippen LogP contribution in [-0.4, -0.2) is 27.2 Å². The SMILES string of the molecule is CC(C)(C)[Si](C)(C)OC1(C#N)CCCC1([O-])[Si](C)(C)C(C)(C)C. The quantitative estimate of drug-likeness (QED) is 0.696. The van der Waals surface area contributed by atoms with Crippen LogP contribution in [0.15, 0.2) is 0 Å². The van der Waals surface area contributed by atoms with Crippen LogP contribution in [0.5, 0.6) is 0 Å². The Bertz CT molecular complexity index is 497. The fourth-order valence-corrected chi connectivity index (χ4v) is 8.15. The summed E-state index contributed by atoms with van der Waals surface area (Å²) in [5.41, 5.74) is -1.15. The Morgan fingerprint density at radius 2 is 1.43 bits per heavy atom. The van der Waals surface area contributed by atoms with Crippen molar-refractivity contribution in [3.63, 3.8) is 0 Å². The molecule has 0 aromatic rings. The lowest BCUT2D eigenvalue weighted by Crippen LogP contribution is -2.77. The number of rotatable bonds is 3. The van der Waals surface area contributed by atoms with Gasteiger partial charge in [-0.25, -0.2) is 0 Å². The smallest absolute Gasteiger partial charge is 0.194 e. The molecule has 0 aromatic carbocycles. The van der Waals surface area contributed by atoms with Crippen LogP contribution >= 0.6 is 0 Å². The standard InChI is InChI=1S/C18H36NO2Si2/c1-15(2,3)22(7,8)18(20)13-11-12-17(18,14-19)21-23(9,10)16(4,5)6/h11-13H2,1-10H3/q-1. The molecule has 0 spiro atoms. The highest BCUT2D eigenvalue weighted by Gasteiger charge is 2.61. The molecule has 1 saturated carbocycles. The molecule has 2 atom stereocenters. The molecule has 0 radical (unpaired) electrons. The molecule has 0 bridgehead atoms. The van der Waals surface area contributed by atoms with Crippen molar-refractivity contribution in [1.29, 1.82) is 5.26 Å². The van der Waals surface area contributed by atoms with Gasteiger partial charge in [-0.2, -0.15) is 5.26 Å². The van der Waals surface area contributed by atoms with Gasteiger partial charge in [-0.3, -0.25) is 0 Å². The van der Waals surface area contributed by atoms with Crippen molar-refractivity contribution in [3.05, 3.63) is 0 Å². The molecule has 1 fully saturated rings. The van der Waals surface area contributed by atoms with Crippen molar-refractivity contribution < 1.29 is 9.53 Å². The Kier molecular flexibility index (Phi) is 5.17. The van der Waals surface area contributed by atoms with Crippen molar-refractivity contribution in [3.8, 4) is 6.07 Å². The summed E-state index contributed by atoms with van der Waals surface area (Å²) in [7, 11) is -4.48. The first-order valence-corrected chi connectivity index (χ1v) is 14.7. The zero-order valence-corrected chi connectivity index (χ0v) is 18.9. The molecule has 0 N–H and O–H groups in total. The van der Waals surface area contributed by atoms with Crippen molar-refractivity contribution in [2.75, 3.05) is 0 Å². The first kappa shape index (κ1) is 20.9. The van der Waals surface area contributed by atoms with E-state index in [4.69, 9.17) is 4.43 Å². The normalized spacial score (nSPS) is 30.3. The highest BCUT2D eigenvalue weighted by Crippen LogP contribution is 2.55. The van der Waals surface area contributed by atoms with Crippen LogP contribution in [0.4, 0.5) is 0 Å². The van der Waals surface area contributed by atoms with Gasteiger partial charge in [0.15, 0.2) is 8.32 Å². The van der Waals surface area contributed by atoms with E-state index in [2.05, 4.69) is 73.8 Å². The molecule has 0 amide bonds. The number of nitriles is 1. The molecule has 1 aliphatic rings. The van der Waals surface area contributed by atoms with Crippen LogP contribution in [0.3, 0.4) is 0 Å². The van der Waals surface area contributed by atoms with Crippen molar-refractivity contribution >= 4 is 16.4 Å². The van der Waals surface area contributed by atoms with Gasteiger partial charge >= 0.3 is 0 Å². The van der Waals surface area contributed by atoms with Gasteiger partial charge in [0.05, 0.1) is 6.07 Å². The summed E-state index contributed by atoms with van der Waals surface area (Å²) < 4.78 is 6.60. The Morgan fingerprint density at radius 1 is 0.957 bits per heavy atom. The molecule has 3 nitrogen and oxygen atoms in total. The van der Waals surface area contributed by atoms with E-state index in [9.17, 15) is 10.4 Å². The van der Waals surface area contributed by atoms with Crippen molar-refractivity contribution in [2.45, 2.75) is 108 Å². The maximum absolute atomic E-state index is 14.2. The van der Waals surface area contributed by atoms with Gasteiger partial charge in [0, 0.05) is 8.07 Å². The van der Waals surface area contributed by atoms with E-state index in [1.54, 1.807) is 0 Å². The molecule has 23 heavy (non-hydrogen) atoms. The van der Waals surface area contributed by atoms with E-state index in [0.717, 1.165) is 6.42 Å². The van der Waals surface area contributed by atoms with Crippen molar-refractivity contribution in [1.82, 2.24) is 0 Å². The minimum atomic E-state index is -2.29. The summed E-state index contributed by atoms with van der Waals surface area (Å²) in [6.45, 7) is 21.6. The molecule has 5 heteroatoms. The molecule has 0 aliphatic heterocycles. The Morgan fingerprint density at radius 3 is 1.78 bits per heavy atom. The molecule has 134 valence electrons.